The van der Waals surface area contributed by atoms with Crippen LogP contribution in [0.2, 0.25) is 0 Å². The Morgan fingerprint density at radius 2 is 1.80 bits per heavy atom. The lowest BCUT2D eigenvalue weighted by Gasteiger charge is -2.53. The van der Waals surface area contributed by atoms with Gasteiger partial charge in [0.05, 0.1) is 0 Å². The first-order valence-electron chi connectivity index (χ1n) is 7.98. The number of anilines is 1. The third kappa shape index (κ3) is 2.57. The predicted molar refractivity (Wildman–Crippen MR) is 81.0 cm³/mol. The molecule has 1 N–H and O–H groups in total. The van der Waals surface area contributed by atoms with Crippen molar-refractivity contribution in [3.8, 4) is 0 Å². The fraction of sp³-hybridized carbons (Fsp3) is 0.647. The first-order valence-corrected chi connectivity index (χ1v) is 7.98. The highest BCUT2D eigenvalue weighted by Gasteiger charge is 2.43. The van der Waals surface area contributed by atoms with Crippen molar-refractivity contribution in [1.82, 2.24) is 5.32 Å². The largest absolute Gasteiger partial charge is 0.381 e. The molecule has 4 rings (SSSR count). The predicted octanol–water partition coefficient (Wildman–Crippen LogP) is 2.56. The molecule has 3 aliphatic rings. The monoisotopic (exact) mass is 272 g/mol. The van der Waals surface area contributed by atoms with Gasteiger partial charge in [-0.25, -0.2) is 0 Å². The summed E-state index contributed by atoms with van der Waals surface area (Å²) in [4.78, 5) is 2.52. The van der Waals surface area contributed by atoms with E-state index in [-0.39, 0.29) is 0 Å². The number of nitrogens with one attached hydrogen (secondary N) is 1. The van der Waals surface area contributed by atoms with Crippen molar-refractivity contribution >= 4 is 5.69 Å². The molecule has 1 aromatic rings. The fourth-order valence-electron chi connectivity index (χ4n) is 3.44. The molecule has 0 atom stereocenters. The summed E-state index contributed by atoms with van der Waals surface area (Å²) >= 11 is 0. The molecule has 3 nitrogen and oxygen atoms in total. The van der Waals surface area contributed by atoms with Crippen LogP contribution in [0.1, 0.15) is 31.2 Å². The molecular formula is C17H24N2O. The molecule has 1 aliphatic carbocycles. The first-order chi connectivity index (χ1) is 9.83. The van der Waals surface area contributed by atoms with E-state index in [9.17, 15) is 0 Å². The zero-order valence-electron chi connectivity index (χ0n) is 12.1. The molecule has 0 bridgehead atoms. The summed E-state index contributed by atoms with van der Waals surface area (Å²) in [6.07, 6.45) is 5.20. The van der Waals surface area contributed by atoms with E-state index in [1.165, 1.54) is 50.0 Å². The molecule has 3 fully saturated rings. The van der Waals surface area contributed by atoms with Crippen LogP contribution in [0.15, 0.2) is 24.3 Å². The molecule has 0 amide bonds. The van der Waals surface area contributed by atoms with E-state index in [4.69, 9.17) is 4.74 Å². The highest BCUT2D eigenvalue weighted by Crippen LogP contribution is 2.41. The molecule has 2 heterocycles. The quantitative estimate of drug-likeness (QED) is 0.911. The van der Waals surface area contributed by atoms with E-state index >= 15 is 0 Å². The van der Waals surface area contributed by atoms with Gasteiger partial charge in [0, 0.05) is 50.0 Å². The third-order valence-corrected chi connectivity index (χ3v) is 5.08. The molecule has 2 aliphatic heterocycles. The maximum absolute atomic E-state index is 5.48. The van der Waals surface area contributed by atoms with Crippen LogP contribution in [-0.4, -0.2) is 32.3 Å². The Labute approximate surface area is 121 Å². The molecule has 1 spiro atoms. The maximum atomic E-state index is 5.48. The zero-order chi connectivity index (χ0) is 13.4. The standard InChI is InChI=1S/C17H24N2O/c1-5-16(6-2-14(1)11-18-15-3-4-15)19-12-17(13-19)7-9-20-10-8-17/h1-2,5-6,15,18H,3-4,7-13H2. The summed E-state index contributed by atoms with van der Waals surface area (Å²) in [5, 5.41) is 3.57. The minimum absolute atomic E-state index is 0.560. The molecule has 0 radical (unpaired) electrons. The molecule has 1 aromatic carbocycles. The van der Waals surface area contributed by atoms with Gasteiger partial charge in [0.15, 0.2) is 0 Å². The Kier molecular flexibility index (Phi) is 3.20. The topological polar surface area (TPSA) is 24.5 Å². The summed E-state index contributed by atoms with van der Waals surface area (Å²) in [6.45, 7) is 5.37. The van der Waals surface area contributed by atoms with E-state index in [1.807, 2.05) is 0 Å². The second-order valence-corrected chi connectivity index (χ2v) is 6.79. The molecular weight excluding hydrogens is 248 g/mol. The lowest BCUT2D eigenvalue weighted by atomic mass is 9.73. The van der Waals surface area contributed by atoms with Gasteiger partial charge in [0.2, 0.25) is 0 Å². The fourth-order valence-corrected chi connectivity index (χ4v) is 3.44. The summed E-state index contributed by atoms with van der Waals surface area (Å²) < 4.78 is 5.48. The van der Waals surface area contributed by atoms with Crippen molar-refractivity contribution in [2.45, 2.75) is 38.3 Å². The zero-order valence-corrected chi connectivity index (χ0v) is 12.1. The van der Waals surface area contributed by atoms with Crippen molar-refractivity contribution in [2.24, 2.45) is 5.41 Å². The van der Waals surface area contributed by atoms with Gasteiger partial charge in [0.25, 0.3) is 0 Å². The molecule has 108 valence electrons. The van der Waals surface area contributed by atoms with E-state index in [0.717, 1.165) is 25.8 Å². The highest BCUT2D eigenvalue weighted by atomic mass is 16.5. The van der Waals surface area contributed by atoms with Crippen LogP contribution in [0.4, 0.5) is 5.69 Å². The van der Waals surface area contributed by atoms with Crippen LogP contribution in [0.3, 0.4) is 0 Å². The summed E-state index contributed by atoms with van der Waals surface area (Å²) in [7, 11) is 0. The van der Waals surface area contributed by atoms with E-state index in [0.29, 0.717) is 5.41 Å². The van der Waals surface area contributed by atoms with Gasteiger partial charge in [0.1, 0.15) is 0 Å². The van der Waals surface area contributed by atoms with Crippen molar-refractivity contribution in [3.63, 3.8) is 0 Å². The normalized spacial score (nSPS) is 24.7. The van der Waals surface area contributed by atoms with Gasteiger partial charge in [-0.1, -0.05) is 12.1 Å². The maximum Gasteiger partial charge on any atom is 0.0472 e. The van der Waals surface area contributed by atoms with Crippen LogP contribution in [0.25, 0.3) is 0 Å². The van der Waals surface area contributed by atoms with Gasteiger partial charge in [-0.2, -0.15) is 0 Å². The van der Waals surface area contributed by atoms with Gasteiger partial charge < -0.3 is 15.0 Å². The number of benzene rings is 1. The van der Waals surface area contributed by atoms with Crippen molar-refractivity contribution in [1.29, 1.82) is 0 Å². The minimum atomic E-state index is 0.560. The van der Waals surface area contributed by atoms with E-state index in [2.05, 4.69) is 34.5 Å². The molecule has 0 aromatic heterocycles. The lowest BCUT2D eigenvalue weighted by Crippen LogP contribution is -2.58. The Hall–Kier alpha value is -1.06. The number of hydrogen-bond acceptors (Lipinski definition) is 3. The SMILES string of the molecule is c1cc(N2CC3(CCOCC3)C2)ccc1CNC1CC1. The Morgan fingerprint density at radius 1 is 1.10 bits per heavy atom. The van der Waals surface area contributed by atoms with Gasteiger partial charge >= 0.3 is 0 Å². The van der Waals surface area contributed by atoms with Crippen LogP contribution in [0, 0.1) is 5.41 Å². The average molecular weight is 272 g/mol. The second kappa shape index (κ2) is 5.05. The van der Waals surface area contributed by atoms with Crippen LogP contribution in [-0.2, 0) is 11.3 Å². The molecule has 2 saturated heterocycles. The van der Waals surface area contributed by atoms with E-state index in [1.54, 1.807) is 0 Å². The Bertz CT molecular complexity index is 452. The smallest absolute Gasteiger partial charge is 0.0472 e. The highest BCUT2D eigenvalue weighted by molar-refractivity contribution is 5.51. The number of hydrogen-bond donors (Lipinski definition) is 1. The van der Waals surface area contributed by atoms with Crippen molar-refractivity contribution in [2.75, 3.05) is 31.2 Å². The average Bonchev–Trinajstić information content (AvgIpc) is 3.28. The Balaban J connectivity index is 1.32. The lowest BCUT2D eigenvalue weighted by molar-refractivity contribution is -0.000191. The van der Waals surface area contributed by atoms with Gasteiger partial charge in [-0.15, -0.1) is 0 Å². The molecule has 1 saturated carbocycles. The first kappa shape index (κ1) is 12.7. The third-order valence-electron chi connectivity index (χ3n) is 5.08. The van der Waals surface area contributed by atoms with Crippen molar-refractivity contribution in [3.05, 3.63) is 29.8 Å². The number of ether oxygens (including phenoxy) is 1. The summed E-state index contributed by atoms with van der Waals surface area (Å²) in [5.41, 5.74) is 3.35. The van der Waals surface area contributed by atoms with Gasteiger partial charge in [-0.05, 0) is 43.4 Å². The van der Waals surface area contributed by atoms with Crippen LogP contribution < -0.4 is 10.2 Å². The van der Waals surface area contributed by atoms with Gasteiger partial charge in [-0.3, -0.25) is 0 Å². The molecule has 0 unspecified atom stereocenters. The Morgan fingerprint density at radius 3 is 2.45 bits per heavy atom. The van der Waals surface area contributed by atoms with Crippen molar-refractivity contribution < 1.29 is 4.74 Å². The van der Waals surface area contributed by atoms with Crippen LogP contribution >= 0.6 is 0 Å². The summed E-state index contributed by atoms with van der Waals surface area (Å²) in [6, 6.07) is 9.92. The molecule has 3 heteroatoms. The number of rotatable bonds is 4. The van der Waals surface area contributed by atoms with Crippen LogP contribution in [0.5, 0.6) is 0 Å². The minimum Gasteiger partial charge on any atom is -0.381 e. The molecule has 20 heavy (non-hydrogen) atoms. The second-order valence-electron chi connectivity index (χ2n) is 6.79. The number of nitrogens with zero attached hydrogens (tertiary/aromatic N) is 1. The summed E-state index contributed by atoms with van der Waals surface area (Å²) in [5.74, 6) is 0. The van der Waals surface area contributed by atoms with E-state index < -0.39 is 0 Å².